The standard InChI is InChI=1S/C17H14BrF2N3O2/c18-12-3-6-15-22-13(10-23(15)9-12)8-21-16(24)7-11-1-4-14(5-2-11)25-17(19)20/h1-6,9-10,17H,7-8H2,(H,21,24). The maximum absolute atomic E-state index is 12.1. The number of nitrogens with one attached hydrogen (secondary N) is 1. The van der Waals surface area contributed by atoms with Crippen LogP contribution in [0.2, 0.25) is 0 Å². The van der Waals surface area contributed by atoms with Gasteiger partial charge in [0.1, 0.15) is 11.4 Å². The van der Waals surface area contributed by atoms with Crippen molar-refractivity contribution in [1.29, 1.82) is 0 Å². The highest BCUT2D eigenvalue weighted by atomic mass is 79.9. The lowest BCUT2D eigenvalue weighted by atomic mass is 10.1. The summed E-state index contributed by atoms with van der Waals surface area (Å²) in [7, 11) is 0. The van der Waals surface area contributed by atoms with E-state index in [2.05, 4.69) is 31.0 Å². The van der Waals surface area contributed by atoms with Crippen molar-refractivity contribution in [2.45, 2.75) is 19.6 Å². The quantitative estimate of drug-likeness (QED) is 0.677. The van der Waals surface area contributed by atoms with E-state index in [0.29, 0.717) is 12.1 Å². The second-order valence-electron chi connectivity index (χ2n) is 5.32. The Morgan fingerprint density at radius 3 is 2.68 bits per heavy atom. The van der Waals surface area contributed by atoms with Crippen molar-refractivity contribution < 1.29 is 18.3 Å². The Kier molecular flexibility index (Phi) is 5.28. The molecule has 3 rings (SSSR count). The molecule has 2 heterocycles. The Morgan fingerprint density at radius 2 is 1.96 bits per heavy atom. The zero-order valence-electron chi connectivity index (χ0n) is 13.0. The van der Waals surface area contributed by atoms with Gasteiger partial charge in [-0.25, -0.2) is 4.98 Å². The molecular formula is C17H14BrF2N3O2. The molecule has 0 atom stereocenters. The molecule has 3 aromatic rings. The Bertz CT molecular complexity index is 881. The minimum atomic E-state index is -2.86. The number of fused-ring (bicyclic) bond motifs is 1. The number of rotatable bonds is 6. The molecule has 0 bridgehead atoms. The van der Waals surface area contributed by atoms with E-state index in [9.17, 15) is 13.6 Å². The highest BCUT2D eigenvalue weighted by Gasteiger charge is 2.08. The van der Waals surface area contributed by atoms with Gasteiger partial charge in [0.25, 0.3) is 0 Å². The average Bonchev–Trinajstić information content (AvgIpc) is 2.96. The number of aromatic nitrogens is 2. The number of alkyl halides is 2. The predicted octanol–water partition coefficient (Wildman–Crippen LogP) is 3.56. The normalized spacial score (nSPS) is 11.0. The lowest BCUT2D eigenvalue weighted by molar-refractivity contribution is -0.120. The van der Waals surface area contributed by atoms with Crippen LogP contribution in [0, 0.1) is 0 Å². The summed E-state index contributed by atoms with van der Waals surface area (Å²) in [6.45, 7) is -2.55. The lowest BCUT2D eigenvalue weighted by Gasteiger charge is -2.06. The Balaban J connectivity index is 1.55. The summed E-state index contributed by atoms with van der Waals surface area (Å²) in [6.07, 6.45) is 3.88. The van der Waals surface area contributed by atoms with E-state index < -0.39 is 6.61 Å². The molecule has 0 unspecified atom stereocenters. The fourth-order valence-electron chi connectivity index (χ4n) is 2.33. The summed E-state index contributed by atoms with van der Waals surface area (Å²) >= 11 is 3.39. The molecule has 0 spiro atoms. The molecule has 1 N–H and O–H groups in total. The van der Waals surface area contributed by atoms with Gasteiger partial charge in [-0.3, -0.25) is 4.79 Å². The molecular weight excluding hydrogens is 396 g/mol. The van der Waals surface area contributed by atoms with Crippen molar-refractivity contribution in [1.82, 2.24) is 14.7 Å². The van der Waals surface area contributed by atoms with Gasteiger partial charge in [-0.2, -0.15) is 8.78 Å². The molecule has 0 saturated carbocycles. The highest BCUT2D eigenvalue weighted by Crippen LogP contribution is 2.15. The Hall–Kier alpha value is -2.48. The molecule has 1 amide bonds. The lowest BCUT2D eigenvalue weighted by Crippen LogP contribution is -2.24. The van der Waals surface area contributed by atoms with Crippen molar-refractivity contribution in [2.75, 3.05) is 0 Å². The SMILES string of the molecule is O=C(Cc1ccc(OC(F)F)cc1)NCc1cn2cc(Br)ccc2n1. The van der Waals surface area contributed by atoms with Crippen LogP contribution in [0.1, 0.15) is 11.3 Å². The van der Waals surface area contributed by atoms with Gasteiger partial charge in [0.05, 0.1) is 18.7 Å². The Labute approximate surface area is 150 Å². The summed E-state index contributed by atoms with van der Waals surface area (Å²) in [5, 5.41) is 2.79. The number of imidazole rings is 1. The minimum Gasteiger partial charge on any atom is -0.435 e. The number of ether oxygens (including phenoxy) is 1. The number of carbonyl (C=O) groups excluding carboxylic acids is 1. The molecule has 2 aromatic heterocycles. The van der Waals surface area contributed by atoms with Gasteiger partial charge in [0.15, 0.2) is 0 Å². The zero-order chi connectivity index (χ0) is 17.8. The first kappa shape index (κ1) is 17.3. The fraction of sp³-hybridized carbons (Fsp3) is 0.176. The van der Waals surface area contributed by atoms with Crippen LogP contribution in [-0.2, 0) is 17.8 Å². The zero-order valence-corrected chi connectivity index (χ0v) is 14.5. The van der Waals surface area contributed by atoms with E-state index in [0.717, 1.165) is 15.8 Å². The largest absolute Gasteiger partial charge is 0.435 e. The monoisotopic (exact) mass is 409 g/mol. The number of pyridine rings is 1. The molecule has 8 heteroatoms. The van der Waals surface area contributed by atoms with Gasteiger partial charge in [-0.05, 0) is 45.8 Å². The number of hydrogen-bond acceptors (Lipinski definition) is 3. The molecule has 0 aliphatic heterocycles. The topological polar surface area (TPSA) is 55.6 Å². The summed E-state index contributed by atoms with van der Waals surface area (Å²) in [5.41, 5.74) is 2.24. The average molecular weight is 410 g/mol. The van der Waals surface area contributed by atoms with Crippen molar-refractivity contribution in [2.24, 2.45) is 0 Å². The molecule has 0 radical (unpaired) electrons. The van der Waals surface area contributed by atoms with Gasteiger partial charge < -0.3 is 14.5 Å². The number of halogens is 3. The van der Waals surface area contributed by atoms with Crippen LogP contribution >= 0.6 is 15.9 Å². The number of nitrogens with zero attached hydrogens (tertiary/aromatic N) is 2. The minimum absolute atomic E-state index is 0.0648. The molecule has 0 fully saturated rings. The van der Waals surface area contributed by atoms with Crippen LogP contribution in [0.3, 0.4) is 0 Å². The molecule has 0 saturated heterocycles. The van der Waals surface area contributed by atoms with Gasteiger partial charge in [0.2, 0.25) is 5.91 Å². The molecule has 25 heavy (non-hydrogen) atoms. The summed E-state index contributed by atoms with van der Waals surface area (Å²) < 4.78 is 31.3. The maximum atomic E-state index is 12.1. The third-order valence-corrected chi connectivity index (χ3v) is 3.91. The first-order chi connectivity index (χ1) is 12.0. The van der Waals surface area contributed by atoms with Crippen molar-refractivity contribution in [3.05, 3.63) is 64.5 Å². The summed E-state index contributed by atoms with van der Waals surface area (Å²) in [6, 6.07) is 9.76. The van der Waals surface area contributed by atoms with Crippen LogP contribution in [0.4, 0.5) is 8.78 Å². The van der Waals surface area contributed by atoms with Crippen molar-refractivity contribution in [3.63, 3.8) is 0 Å². The molecule has 5 nitrogen and oxygen atoms in total. The van der Waals surface area contributed by atoms with Gasteiger partial charge in [-0.1, -0.05) is 12.1 Å². The first-order valence-corrected chi connectivity index (χ1v) is 8.22. The smallest absolute Gasteiger partial charge is 0.387 e. The van der Waals surface area contributed by atoms with Crippen LogP contribution in [-0.4, -0.2) is 21.9 Å². The number of carbonyl (C=O) groups is 1. The van der Waals surface area contributed by atoms with Crippen LogP contribution in [0.15, 0.2) is 53.3 Å². The van der Waals surface area contributed by atoms with Crippen LogP contribution < -0.4 is 10.1 Å². The predicted molar refractivity (Wildman–Crippen MR) is 91.5 cm³/mol. The van der Waals surface area contributed by atoms with E-state index in [1.165, 1.54) is 12.1 Å². The fourth-order valence-corrected chi connectivity index (χ4v) is 2.68. The number of amides is 1. The molecule has 1 aromatic carbocycles. The first-order valence-electron chi connectivity index (χ1n) is 7.43. The maximum Gasteiger partial charge on any atom is 0.387 e. The second kappa shape index (κ2) is 7.60. The third-order valence-electron chi connectivity index (χ3n) is 3.44. The molecule has 130 valence electrons. The van der Waals surface area contributed by atoms with Gasteiger partial charge >= 0.3 is 6.61 Å². The van der Waals surface area contributed by atoms with E-state index >= 15 is 0 Å². The summed E-state index contributed by atoms with van der Waals surface area (Å²) in [5.74, 6) is -0.115. The Morgan fingerprint density at radius 1 is 1.20 bits per heavy atom. The van der Waals surface area contributed by atoms with Gasteiger partial charge in [-0.15, -0.1) is 0 Å². The van der Waals surface area contributed by atoms with E-state index in [1.807, 2.05) is 28.9 Å². The number of benzene rings is 1. The van der Waals surface area contributed by atoms with Crippen LogP contribution in [0.25, 0.3) is 5.65 Å². The van der Waals surface area contributed by atoms with Gasteiger partial charge in [0, 0.05) is 16.9 Å². The molecule has 0 aliphatic carbocycles. The van der Waals surface area contributed by atoms with Crippen molar-refractivity contribution >= 4 is 27.5 Å². The third kappa shape index (κ3) is 4.76. The highest BCUT2D eigenvalue weighted by molar-refractivity contribution is 9.10. The van der Waals surface area contributed by atoms with Crippen molar-refractivity contribution in [3.8, 4) is 5.75 Å². The van der Waals surface area contributed by atoms with Crippen LogP contribution in [0.5, 0.6) is 5.75 Å². The van der Waals surface area contributed by atoms with E-state index in [4.69, 9.17) is 0 Å². The summed E-state index contributed by atoms with van der Waals surface area (Å²) in [4.78, 5) is 16.4. The van der Waals surface area contributed by atoms with E-state index in [-0.39, 0.29) is 18.1 Å². The van der Waals surface area contributed by atoms with E-state index in [1.54, 1.807) is 12.1 Å². The number of hydrogen-bond donors (Lipinski definition) is 1. The molecule has 0 aliphatic rings. The second-order valence-corrected chi connectivity index (χ2v) is 6.24.